The van der Waals surface area contributed by atoms with Gasteiger partial charge in [0.25, 0.3) is 5.91 Å². The fourth-order valence-corrected chi connectivity index (χ4v) is 4.73. The lowest BCUT2D eigenvalue weighted by molar-refractivity contribution is 0.0693. The van der Waals surface area contributed by atoms with E-state index < -0.39 is 9.84 Å². The minimum atomic E-state index is -3.79. The molecule has 0 saturated heterocycles. The molecule has 1 aromatic heterocycles. The molecule has 29 heavy (non-hydrogen) atoms. The number of carbonyl (C=O) groups excluding carboxylic acids is 1. The smallest absolute Gasteiger partial charge is 0.259 e. The summed E-state index contributed by atoms with van der Waals surface area (Å²) in [6.45, 7) is 1.48. The fourth-order valence-electron chi connectivity index (χ4n) is 2.97. The maximum Gasteiger partial charge on any atom is 0.259 e. The van der Waals surface area contributed by atoms with Gasteiger partial charge in [-0.25, -0.2) is 13.4 Å². The SMILES string of the molecule is COCCN1CCOc2ncc(CS(=O)(=O)c3cc(Cl)ccc3OC)cc2C1=O. The van der Waals surface area contributed by atoms with Gasteiger partial charge in [-0.3, -0.25) is 4.79 Å². The van der Waals surface area contributed by atoms with E-state index in [1.165, 1.54) is 31.5 Å². The van der Waals surface area contributed by atoms with Crippen molar-refractivity contribution in [2.45, 2.75) is 10.6 Å². The third-order valence-corrected chi connectivity index (χ3v) is 6.35. The number of carbonyl (C=O) groups is 1. The Hall–Kier alpha value is -2.36. The molecular weight excluding hydrogens is 420 g/mol. The molecule has 1 aliphatic heterocycles. The van der Waals surface area contributed by atoms with E-state index in [4.69, 9.17) is 25.8 Å². The predicted octanol–water partition coefficient (Wildman–Crippen LogP) is 2.20. The second-order valence-electron chi connectivity index (χ2n) is 6.38. The Morgan fingerprint density at radius 1 is 1.28 bits per heavy atom. The molecule has 0 fully saturated rings. The molecule has 1 amide bonds. The van der Waals surface area contributed by atoms with Gasteiger partial charge in [0, 0.05) is 24.9 Å². The van der Waals surface area contributed by atoms with Crippen molar-refractivity contribution in [1.29, 1.82) is 0 Å². The summed E-state index contributed by atoms with van der Waals surface area (Å²) in [6.07, 6.45) is 1.39. The van der Waals surface area contributed by atoms with E-state index >= 15 is 0 Å². The van der Waals surface area contributed by atoms with Crippen LogP contribution in [0.5, 0.6) is 11.6 Å². The summed E-state index contributed by atoms with van der Waals surface area (Å²) in [5, 5.41) is 0.279. The van der Waals surface area contributed by atoms with Crippen molar-refractivity contribution in [3.05, 3.63) is 46.6 Å². The fraction of sp³-hybridized carbons (Fsp3) is 0.368. The third-order valence-electron chi connectivity index (χ3n) is 4.41. The van der Waals surface area contributed by atoms with Crippen LogP contribution in [0.15, 0.2) is 35.4 Å². The Kier molecular flexibility index (Phi) is 6.61. The number of hydrogen-bond acceptors (Lipinski definition) is 7. The minimum absolute atomic E-state index is 0.0215. The molecule has 2 aromatic rings. The quantitative estimate of drug-likeness (QED) is 0.651. The first-order chi connectivity index (χ1) is 13.9. The van der Waals surface area contributed by atoms with Crippen molar-refractivity contribution in [2.75, 3.05) is 40.5 Å². The number of sulfone groups is 1. The van der Waals surface area contributed by atoms with Crippen LogP contribution in [-0.2, 0) is 20.3 Å². The van der Waals surface area contributed by atoms with Crippen molar-refractivity contribution in [2.24, 2.45) is 0 Å². The molecule has 0 N–H and O–H groups in total. The lowest BCUT2D eigenvalue weighted by Crippen LogP contribution is -2.35. The van der Waals surface area contributed by atoms with Crippen LogP contribution in [0.2, 0.25) is 5.02 Å². The van der Waals surface area contributed by atoms with Gasteiger partial charge in [0.05, 0.1) is 26.0 Å². The number of amides is 1. The molecule has 0 atom stereocenters. The normalized spacial score (nSPS) is 14.2. The van der Waals surface area contributed by atoms with Gasteiger partial charge in [-0.1, -0.05) is 11.6 Å². The van der Waals surface area contributed by atoms with Crippen LogP contribution in [-0.4, -0.2) is 64.7 Å². The van der Waals surface area contributed by atoms with Crippen LogP contribution in [0, 0.1) is 0 Å². The van der Waals surface area contributed by atoms with Gasteiger partial charge in [-0.15, -0.1) is 0 Å². The van der Waals surface area contributed by atoms with Crippen LogP contribution in [0.3, 0.4) is 0 Å². The van der Waals surface area contributed by atoms with Crippen LogP contribution in [0.4, 0.5) is 0 Å². The standard InChI is InChI=1S/C19H21ClN2O6S/c1-26-7-5-22-6-8-28-18-15(19(22)23)9-13(11-21-18)12-29(24,25)17-10-14(20)3-4-16(17)27-2/h3-4,9-11H,5-8,12H2,1-2H3. The zero-order valence-corrected chi connectivity index (χ0v) is 17.6. The maximum absolute atomic E-state index is 12.9. The molecule has 1 aliphatic rings. The molecule has 1 aromatic carbocycles. The highest BCUT2D eigenvalue weighted by molar-refractivity contribution is 7.90. The zero-order valence-electron chi connectivity index (χ0n) is 16.1. The molecule has 0 radical (unpaired) electrons. The number of hydrogen-bond donors (Lipinski definition) is 0. The minimum Gasteiger partial charge on any atom is -0.495 e. The van der Waals surface area contributed by atoms with Crippen molar-refractivity contribution < 1.29 is 27.4 Å². The number of fused-ring (bicyclic) bond motifs is 1. The zero-order chi connectivity index (χ0) is 21.0. The molecule has 0 unspecified atom stereocenters. The topological polar surface area (TPSA) is 95.0 Å². The first-order valence-corrected chi connectivity index (χ1v) is 10.8. The number of rotatable bonds is 7. The number of benzene rings is 1. The van der Waals surface area contributed by atoms with Crippen LogP contribution in [0.1, 0.15) is 15.9 Å². The van der Waals surface area contributed by atoms with Crippen molar-refractivity contribution in [3.63, 3.8) is 0 Å². The van der Waals surface area contributed by atoms with E-state index in [1.807, 2.05) is 0 Å². The largest absolute Gasteiger partial charge is 0.495 e. The van der Waals surface area contributed by atoms with E-state index in [-0.39, 0.29) is 38.8 Å². The van der Waals surface area contributed by atoms with Crippen LogP contribution < -0.4 is 9.47 Å². The highest BCUT2D eigenvalue weighted by Gasteiger charge is 2.27. The van der Waals surface area contributed by atoms with Gasteiger partial charge < -0.3 is 19.1 Å². The van der Waals surface area contributed by atoms with Gasteiger partial charge in [0.15, 0.2) is 9.84 Å². The number of pyridine rings is 1. The molecule has 156 valence electrons. The molecule has 0 bridgehead atoms. The summed E-state index contributed by atoms with van der Waals surface area (Å²) in [6, 6.07) is 5.89. The van der Waals surface area contributed by atoms with E-state index in [0.717, 1.165) is 0 Å². The van der Waals surface area contributed by atoms with Crippen LogP contribution in [0.25, 0.3) is 0 Å². The molecule has 0 spiro atoms. The third kappa shape index (κ3) is 4.80. The molecule has 3 rings (SSSR count). The number of nitrogens with zero attached hydrogens (tertiary/aromatic N) is 2. The van der Waals surface area contributed by atoms with Gasteiger partial charge in [-0.2, -0.15) is 0 Å². The Morgan fingerprint density at radius 2 is 2.07 bits per heavy atom. The molecule has 8 nitrogen and oxygen atoms in total. The summed E-state index contributed by atoms with van der Waals surface area (Å²) in [5.41, 5.74) is 0.584. The number of halogens is 1. The highest BCUT2D eigenvalue weighted by Crippen LogP contribution is 2.30. The van der Waals surface area contributed by atoms with Gasteiger partial charge in [-0.05, 0) is 29.8 Å². The molecule has 2 heterocycles. The summed E-state index contributed by atoms with van der Waals surface area (Å²) in [5.74, 6) is -0.254. The lowest BCUT2D eigenvalue weighted by Gasteiger charge is -2.19. The molecular formula is C19H21ClN2O6S. The lowest BCUT2D eigenvalue weighted by atomic mass is 10.2. The first-order valence-electron chi connectivity index (χ1n) is 8.82. The average molecular weight is 441 g/mol. The monoisotopic (exact) mass is 440 g/mol. The molecule has 10 heteroatoms. The second-order valence-corrected chi connectivity index (χ2v) is 8.78. The van der Waals surface area contributed by atoms with E-state index in [9.17, 15) is 13.2 Å². The summed E-state index contributed by atoms with van der Waals surface area (Å²) in [4.78, 5) is 18.6. The van der Waals surface area contributed by atoms with Gasteiger partial charge in [0.2, 0.25) is 5.88 Å². The Balaban J connectivity index is 1.92. The van der Waals surface area contributed by atoms with E-state index in [0.29, 0.717) is 31.9 Å². The Labute approximate surface area is 174 Å². The number of ether oxygens (including phenoxy) is 3. The summed E-state index contributed by atoms with van der Waals surface area (Å²) < 4.78 is 41.6. The summed E-state index contributed by atoms with van der Waals surface area (Å²) >= 11 is 5.96. The Morgan fingerprint density at radius 3 is 2.79 bits per heavy atom. The number of aromatic nitrogens is 1. The Bertz CT molecular complexity index is 1010. The number of methoxy groups -OCH3 is 2. The van der Waals surface area contributed by atoms with Crippen molar-refractivity contribution in [1.82, 2.24) is 9.88 Å². The van der Waals surface area contributed by atoms with E-state index in [2.05, 4.69) is 4.98 Å². The molecule has 0 saturated carbocycles. The van der Waals surface area contributed by atoms with E-state index in [1.54, 1.807) is 18.1 Å². The van der Waals surface area contributed by atoms with Crippen molar-refractivity contribution >= 4 is 27.3 Å². The second kappa shape index (κ2) is 8.98. The van der Waals surface area contributed by atoms with Crippen LogP contribution >= 0.6 is 11.6 Å². The average Bonchev–Trinajstić information content (AvgIpc) is 2.85. The maximum atomic E-state index is 12.9. The highest BCUT2D eigenvalue weighted by atomic mass is 35.5. The van der Waals surface area contributed by atoms with Gasteiger partial charge >= 0.3 is 0 Å². The van der Waals surface area contributed by atoms with Gasteiger partial charge in [0.1, 0.15) is 22.8 Å². The van der Waals surface area contributed by atoms with Crippen molar-refractivity contribution in [3.8, 4) is 11.6 Å². The first kappa shape index (κ1) is 21.4. The summed E-state index contributed by atoms with van der Waals surface area (Å²) in [7, 11) is -0.852. The predicted molar refractivity (Wildman–Crippen MR) is 106 cm³/mol. The molecule has 0 aliphatic carbocycles.